The summed E-state index contributed by atoms with van der Waals surface area (Å²) in [4.78, 5) is 41.1. The van der Waals surface area contributed by atoms with Crippen LogP contribution in [0.2, 0.25) is 0 Å². The van der Waals surface area contributed by atoms with Gasteiger partial charge in [-0.05, 0) is 20.8 Å². The van der Waals surface area contributed by atoms with Crippen LogP contribution in [0.5, 0.6) is 0 Å². The number of nitrogens with zero attached hydrogens (tertiary/aromatic N) is 2. The summed E-state index contributed by atoms with van der Waals surface area (Å²) in [6, 6.07) is 0. The van der Waals surface area contributed by atoms with E-state index in [2.05, 4.69) is 10.3 Å². The number of hydrogen-bond donors (Lipinski definition) is 1. The van der Waals surface area contributed by atoms with Gasteiger partial charge >= 0.3 is 0 Å². The van der Waals surface area contributed by atoms with Crippen LogP contribution in [-0.4, -0.2) is 39.7 Å². The van der Waals surface area contributed by atoms with Gasteiger partial charge < -0.3 is 4.90 Å². The number of imide groups is 1. The number of hydrogen-bond acceptors (Lipinski definition) is 5. The van der Waals surface area contributed by atoms with Crippen LogP contribution in [0.1, 0.15) is 28.5 Å². The van der Waals surface area contributed by atoms with Crippen LogP contribution in [0.15, 0.2) is 6.20 Å². The Bertz CT molecular complexity index is 535. The van der Waals surface area contributed by atoms with E-state index in [-0.39, 0.29) is 12.5 Å². The van der Waals surface area contributed by atoms with Crippen LogP contribution in [0.4, 0.5) is 0 Å². The summed E-state index contributed by atoms with van der Waals surface area (Å²) >= 11 is 1.25. The van der Waals surface area contributed by atoms with Crippen LogP contribution in [0, 0.1) is 6.92 Å². The fraction of sp³-hybridized carbons (Fsp3) is 0.455. The zero-order valence-corrected chi connectivity index (χ0v) is 11.1. The molecule has 0 aliphatic carbocycles. The molecule has 7 heteroatoms. The molecule has 3 amide bonds. The third-order valence-corrected chi connectivity index (χ3v) is 3.76. The van der Waals surface area contributed by atoms with Gasteiger partial charge in [0.15, 0.2) is 0 Å². The van der Waals surface area contributed by atoms with Crippen molar-refractivity contribution in [2.75, 3.05) is 6.54 Å². The van der Waals surface area contributed by atoms with E-state index in [0.29, 0.717) is 4.88 Å². The first kappa shape index (κ1) is 12.7. The minimum atomic E-state index is -1.04. The zero-order chi connectivity index (χ0) is 13.5. The van der Waals surface area contributed by atoms with Gasteiger partial charge in [0.1, 0.15) is 17.0 Å². The molecule has 18 heavy (non-hydrogen) atoms. The number of amides is 3. The van der Waals surface area contributed by atoms with Crippen molar-refractivity contribution in [1.29, 1.82) is 0 Å². The van der Waals surface area contributed by atoms with Gasteiger partial charge in [-0.25, -0.2) is 4.98 Å². The fourth-order valence-corrected chi connectivity index (χ4v) is 2.43. The van der Waals surface area contributed by atoms with Crippen molar-refractivity contribution in [1.82, 2.24) is 15.2 Å². The Morgan fingerprint density at radius 2 is 2.17 bits per heavy atom. The lowest BCUT2D eigenvalue weighted by Gasteiger charge is -2.39. The van der Waals surface area contributed by atoms with Crippen molar-refractivity contribution in [3.8, 4) is 0 Å². The average molecular weight is 267 g/mol. The molecular weight excluding hydrogens is 254 g/mol. The highest BCUT2D eigenvalue weighted by Gasteiger charge is 2.44. The molecule has 0 spiro atoms. The lowest BCUT2D eigenvalue weighted by molar-refractivity contribution is -0.143. The van der Waals surface area contributed by atoms with E-state index in [0.717, 1.165) is 5.01 Å². The Labute approximate surface area is 108 Å². The summed E-state index contributed by atoms with van der Waals surface area (Å²) in [6.07, 6.45) is 1.47. The number of aryl methyl sites for hydroxylation is 1. The van der Waals surface area contributed by atoms with E-state index in [4.69, 9.17) is 0 Å². The maximum absolute atomic E-state index is 12.3. The molecule has 0 unspecified atom stereocenters. The van der Waals surface area contributed by atoms with Gasteiger partial charge in [-0.3, -0.25) is 19.7 Å². The molecule has 1 aromatic heterocycles. The molecule has 0 bridgehead atoms. The maximum Gasteiger partial charge on any atom is 0.266 e. The summed E-state index contributed by atoms with van der Waals surface area (Å²) in [5.41, 5.74) is -1.04. The minimum Gasteiger partial charge on any atom is -0.314 e. The largest absolute Gasteiger partial charge is 0.314 e. The highest BCUT2D eigenvalue weighted by molar-refractivity contribution is 7.13. The van der Waals surface area contributed by atoms with E-state index in [1.165, 1.54) is 22.4 Å². The van der Waals surface area contributed by atoms with Crippen molar-refractivity contribution >= 4 is 29.1 Å². The summed E-state index contributed by atoms with van der Waals surface area (Å²) in [5.74, 6) is -1.27. The minimum absolute atomic E-state index is 0.117. The van der Waals surface area contributed by atoms with E-state index >= 15 is 0 Å². The van der Waals surface area contributed by atoms with Crippen LogP contribution in [0.3, 0.4) is 0 Å². The summed E-state index contributed by atoms with van der Waals surface area (Å²) in [6.45, 7) is 4.90. The molecule has 6 nitrogen and oxygen atoms in total. The highest BCUT2D eigenvalue weighted by atomic mass is 32.1. The van der Waals surface area contributed by atoms with Gasteiger partial charge in [0, 0.05) is 0 Å². The Balaban J connectivity index is 2.33. The maximum atomic E-state index is 12.3. The van der Waals surface area contributed by atoms with Gasteiger partial charge in [-0.15, -0.1) is 11.3 Å². The van der Waals surface area contributed by atoms with Crippen LogP contribution < -0.4 is 5.32 Å². The number of piperazine rings is 1. The standard InChI is InChI=1S/C11H13N3O3S/c1-6-12-4-7(18-6)9(16)14-5-8(15)13-10(17)11(14,2)3/h4H,5H2,1-3H3,(H,13,15,17). The Morgan fingerprint density at radius 3 is 2.72 bits per heavy atom. The van der Waals surface area contributed by atoms with Gasteiger partial charge in [0.2, 0.25) is 5.91 Å². The van der Waals surface area contributed by atoms with Crippen LogP contribution in [-0.2, 0) is 9.59 Å². The van der Waals surface area contributed by atoms with Gasteiger partial charge in [-0.1, -0.05) is 0 Å². The molecule has 1 saturated heterocycles. The predicted molar refractivity (Wildman–Crippen MR) is 65.1 cm³/mol. The number of carbonyl (C=O) groups is 3. The third-order valence-electron chi connectivity index (χ3n) is 2.86. The molecule has 0 aromatic carbocycles. The Hall–Kier alpha value is -1.76. The molecule has 1 aliphatic rings. The molecular formula is C11H13N3O3S. The third kappa shape index (κ3) is 2.01. The van der Waals surface area contributed by atoms with E-state index in [1.807, 2.05) is 0 Å². The van der Waals surface area contributed by atoms with E-state index in [1.54, 1.807) is 20.8 Å². The molecule has 1 N–H and O–H groups in total. The molecule has 1 aliphatic heterocycles. The normalized spacial score (nSPS) is 18.7. The summed E-state index contributed by atoms with van der Waals surface area (Å²) in [5, 5.41) is 2.99. The van der Waals surface area contributed by atoms with Crippen molar-refractivity contribution in [3.63, 3.8) is 0 Å². The van der Waals surface area contributed by atoms with Crippen molar-refractivity contribution < 1.29 is 14.4 Å². The van der Waals surface area contributed by atoms with Gasteiger partial charge in [0.25, 0.3) is 11.8 Å². The zero-order valence-electron chi connectivity index (χ0n) is 10.3. The summed E-state index contributed by atoms with van der Waals surface area (Å²) < 4.78 is 0. The lowest BCUT2D eigenvalue weighted by Crippen LogP contribution is -2.65. The van der Waals surface area contributed by atoms with Crippen molar-refractivity contribution in [2.24, 2.45) is 0 Å². The number of thiazole rings is 1. The topological polar surface area (TPSA) is 79.4 Å². The second kappa shape index (κ2) is 4.16. The van der Waals surface area contributed by atoms with Gasteiger partial charge in [-0.2, -0.15) is 0 Å². The first-order chi connectivity index (χ1) is 8.32. The number of rotatable bonds is 1. The molecule has 0 atom stereocenters. The van der Waals surface area contributed by atoms with E-state index < -0.39 is 17.4 Å². The molecule has 2 heterocycles. The molecule has 0 radical (unpaired) electrons. The second-order valence-corrected chi connectivity index (χ2v) is 5.81. The first-order valence-electron chi connectivity index (χ1n) is 5.41. The predicted octanol–water partition coefficient (Wildman–Crippen LogP) is 0.329. The fourth-order valence-electron chi connectivity index (χ4n) is 1.70. The quantitative estimate of drug-likeness (QED) is 0.744. The molecule has 96 valence electrons. The summed E-state index contributed by atoms with van der Waals surface area (Å²) in [7, 11) is 0. The van der Waals surface area contributed by atoms with Crippen LogP contribution in [0.25, 0.3) is 0 Å². The SMILES string of the molecule is Cc1ncc(C(=O)N2CC(=O)NC(=O)C2(C)C)s1. The second-order valence-electron chi connectivity index (χ2n) is 4.57. The van der Waals surface area contributed by atoms with E-state index in [9.17, 15) is 14.4 Å². The smallest absolute Gasteiger partial charge is 0.266 e. The number of carbonyl (C=O) groups excluding carboxylic acids is 3. The Morgan fingerprint density at radius 1 is 1.50 bits per heavy atom. The monoisotopic (exact) mass is 267 g/mol. The molecule has 0 saturated carbocycles. The number of nitrogens with one attached hydrogen (secondary N) is 1. The van der Waals surface area contributed by atoms with Gasteiger partial charge in [0.05, 0.1) is 11.2 Å². The Kier molecular flexibility index (Phi) is 2.94. The number of aromatic nitrogens is 1. The highest BCUT2D eigenvalue weighted by Crippen LogP contribution is 2.23. The lowest BCUT2D eigenvalue weighted by atomic mass is 9.98. The molecule has 1 aromatic rings. The van der Waals surface area contributed by atoms with Crippen molar-refractivity contribution in [3.05, 3.63) is 16.1 Å². The molecule has 2 rings (SSSR count). The molecule has 1 fully saturated rings. The van der Waals surface area contributed by atoms with Crippen LogP contribution >= 0.6 is 11.3 Å². The average Bonchev–Trinajstić information content (AvgIpc) is 2.70. The first-order valence-corrected chi connectivity index (χ1v) is 6.22. The van der Waals surface area contributed by atoms with Crippen molar-refractivity contribution in [2.45, 2.75) is 26.3 Å².